The first-order valence-electron chi connectivity index (χ1n) is 40.0. The van der Waals surface area contributed by atoms with Crippen LogP contribution in [0.15, 0.2) is 48.5 Å². The fourth-order valence-electron chi connectivity index (χ4n) is 15.6. The molecule has 97 heavy (non-hydrogen) atoms. The van der Waals surface area contributed by atoms with Crippen LogP contribution in [-0.2, 0) is 44.9 Å². The van der Waals surface area contributed by atoms with Crippen LogP contribution in [0, 0.1) is 6.92 Å². The Morgan fingerprint density at radius 2 is 0.474 bits per heavy atom. The van der Waals surface area contributed by atoms with Crippen molar-refractivity contribution in [2.24, 2.45) is 0 Å². The molecule has 0 unspecified atom stereocenters. The molecule has 0 saturated heterocycles. The van der Waals surface area contributed by atoms with Crippen LogP contribution in [0.5, 0.6) is 0 Å². The zero-order valence-electron chi connectivity index (χ0n) is 61.5. The Balaban J connectivity index is 1.40. The van der Waals surface area contributed by atoms with E-state index in [0.29, 0.717) is 6.04 Å². The summed E-state index contributed by atoms with van der Waals surface area (Å²) >= 11 is 19.7. The summed E-state index contributed by atoms with van der Waals surface area (Å²) in [6, 6.07) is 17.1. The average Bonchev–Trinajstić information content (AvgIpc) is 1.59. The second kappa shape index (κ2) is 40.7. The van der Waals surface area contributed by atoms with Gasteiger partial charge in [-0.1, -0.05) is 289 Å². The first-order valence-corrected chi connectivity index (χ1v) is 45.2. The fourth-order valence-corrected chi connectivity index (χ4v) is 17.5. The molecule has 0 saturated carbocycles. The molecule has 8 nitrogen and oxygen atoms in total. The Kier molecular flexibility index (Phi) is 32.1. The Hall–Kier alpha value is -4.67. The number of hydrogen-bond acceptors (Lipinski definition) is 6. The van der Waals surface area contributed by atoms with Gasteiger partial charge in [-0.25, -0.2) is 29.9 Å². The molecule has 0 spiro atoms. The van der Waals surface area contributed by atoms with Crippen molar-refractivity contribution in [1.29, 1.82) is 0 Å². The number of aromatic nitrogens is 8. The third-order valence-electron chi connectivity index (χ3n) is 21.2. The van der Waals surface area contributed by atoms with Crippen LogP contribution in [0.1, 0.15) is 330 Å². The number of aromatic amines is 2. The highest BCUT2D eigenvalue weighted by atomic mass is 35.8. The predicted molar refractivity (Wildman–Crippen MR) is 424 cm³/mol. The van der Waals surface area contributed by atoms with Crippen LogP contribution in [-0.4, -0.2) is 45.9 Å². The molecule has 2 N–H and O–H groups in total. The Bertz CT molecular complexity index is 3750. The van der Waals surface area contributed by atoms with Gasteiger partial charge in [-0.15, -0.1) is 33.2 Å². The molecular formula is C85H123Cl3N8Si. The van der Waals surface area contributed by atoms with Crippen LogP contribution in [0.25, 0.3) is 89.7 Å². The lowest BCUT2D eigenvalue weighted by molar-refractivity contribution is 0.606. The van der Waals surface area contributed by atoms with E-state index < -0.39 is 6.00 Å². The first-order chi connectivity index (χ1) is 47.5. The molecular weight excluding hydrogens is 1270 g/mol. The third kappa shape index (κ3) is 21.7. The molecule has 3 aromatic heterocycles. The van der Waals surface area contributed by atoms with Gasteiger partial charge in [0.15, 0.2) is 23.3 Å². The molecule has 5 heterocycles. The summed E-state index contributed by atoms with van der Waals surface area (Å²) in [6.45, 7) is 16.1. The highest BCUT2D eigenvalue weighted by Crippen LogP contribution is 2.45. The minimum atomic E-state index is -2.81. The number of fused-ring (bicyclic) bond motifs is 20. The first kappa shape index (κ1) is 76.5. The lowest BCUT2D eigenvalue weighted by atomic mass is 9.91. The summed E-state index contributed by atoms with van der Waals surface area (Å²) in [6.07, 6.45) is 52.7. The standard InChI is InChI=1S/C85H123Cl3N8Si/c1-8-14-20-26-32-38-46-64-55-56-65(47-39-33-27-21-15-9-2)73-72(64)80-90-78-70-62(7)53-54-63(52-44-45-61-97(86,87)88)71(70)79(89-78)91-81-74-66(48-40-34-28-22-16-10-3)57-58-67(49-41-35-29-23-17-11-4)75(74)83(93-81)95-85-77-69(51-43-37-31-25-19-13-6)60-59-68(50-42-36-30-24-18-12-5)76(77)84(96-85)94-82(73)92-80/h53-60H,8-52,61H2,1-7H3,(H2,89,90,91,92,93,94,95,96). The number of aryl methyl sites for hydroxylation is 8. The van der Waals surface area contributed by atoms with E-state index in [1.54, 1.807) is 0 Å². The van der Waals surface area contributed by atoms with Crippen molar-refractivity contribution in [2.75, 3.05) is 0 Å². The number of benzene rings is 4. The number of rotatable bonds is 47. The van der Waals surface area contributed by atoms with E-state index in [-0.39, 0.29) is 0 Å². The number of nitrogens with one attached hydrogen (secondary N) is 2. The van der Waals surface area contributed by atoms with Gasteiger partial charge in [-0.2, -0.15) is 0 Å². The lowest BCUT2D eigenvalue weighted by Gasteiger charge is -2.13. The zero-order valence-corrected chi connectivity index (χ0v) is 64.7. The van der Waals surface area contributed by atoms with Gasteiger partial charge in [-0.3, -0.25) is 0 Å². The van der Waals surface area contributed by atoms with Crippen LogP contribution >= 0.6 is 33.2 Å². The monoisotopic (exact) mass is 1390 g/mol. The second-order valence-electron chi connectivity index (χ2n) is 29.2. The molecule has 0 atom stereocenters. The normalized spacial score (nSPS) is 12.3. The van der Waals surface area contributed by atoms with Crippen LogP contribution in [0.2, 0.25) is 6.04 Å². The molecule has 12 heteroatoms. The quantitative estimate of drug-likeness (QED) is 0.0223. The highest BCUT2D eigenvalue weighted by molar-refractivity contribution is 7.64. The van der Waals surface area contributed by atoms with Gasteiger partial charge >= 0.3 is 6.00 Å². The number of hydrogen-bond donors (Lipinski definition) is 2. The van der Waals surface area contributed by atoms with Gasteiger partial charge in [0.2, 0.25) is 0 Å². The van der Waals surface area contributed by atoms with Crippen molar-refractivity contribution >= 4 is 83.4 Å². The number of halogens is 3. The Morgan fingerprint density at radius 3 is 0.753 bits per heavy atom. The molecule has 2 aliphatic rings. The Morgan fingerprint density at radius 1 is 0.258 bits per heavy atom. The van der Waals surface area contributed by atoms with E-state index in [4.69, 9.17) is 63.1 Å². The maximum absolute atomic E-state index is 6.56. The Labute approximate surface area is 601 Å². The largest absolute Gasteiger partial charge is 0.341 e. The number of unbranched alkanes of at least 4 members (excludes halogenated alkanes) is 31. The second-order valence-corrected chi connectivity index (χ2v) is 38.5. The van der Waals surface area contributed by atoms with Gasteiger partial charge in [0.25, 0.3) is 0 Å². The summed E-state index contributed by atoms with van der Waals surface area (Å²) in [5.74, 6) is 2.97. The minimum Gasteiger partial charge on any atom is -0.324 e. The van der Waals surface area contributed by atoms with E-state index in [1.165, 1.54) is 242 Å². The van der Waals surface area contributed by atoms with E-state index >= 15 is 0 Å². The maximum atomic E-state index is 6.56. The van der Waals surface area contributed by atoms with Crippen molar-refractivity contribution in [2.45, 2.75) is 343 Å². The van der Waals surface area contributed by atoms with Gasteiger partial charge in [0.1, 0.15) is 22.6 Å². The van der Waals surface area contributed by atoms with Crippen molar-refractivity contribution in [3.05, 3.63) is 93.0 Å². The number of nitrogens with zero attached hydrogens (tertiary/aromatic N) is 6. The maximum Gasteiger partial charge on any atom is 0.341 e. The van der Waals surface area contributed by atoms with Crippen LogP contribution in [0.4, 0.5) is 0 Å². The van der Waals surface area contributed by atoms with E-state index in [9.17, 15) is 0 Å². The van der Waals surface area contributed by atoms with E-state index in [1.807, 2.05) is 0 Å². The summed E-state index contributed by atoms with van der Waals surface area (Å²) in [5, 5.41) is 4.55. The van der Waals surface area contributed by atoms with Crippen molar-refractivity contribution in [3.8, 4) is 45.6 Å². The van der Waals surface area contributed by atoms with Gasteiger partial charge < -0.3 is 9.97 Å². The molecule has 4 aromatic carbocycles. The summed E-state index contributed by atoms with van der Waals surface area (Å²) in [7, 11) is 0. The molecule has 2 aliphatic heterocycles. The summed E-state index contributed by atoms with van der Waals surface area (Å²) in [5.41, 5.74) is 18.1. The van der Waals surface area contributed by atoms with E-state index in [0.717, 1.165) is 181 Å². The van der Waals surface area contributed by atoms with Crippen LogP contribution < -0.4 is 0 Å². The minimum absolute atomic E-state index is 0.624. The van der Waals surface area contributed by atoms with E-state index in [2.05, 4.69) is 107 Å². The van der Waals surface area contributed by atoms with Crippen molar-refractivity contribution in [3.63, 3.8) is 0 Å². The van der Waals surface area contributed by atoms with Crippen molar-refractivity contribution < 1.29 is 0 Å². The molecule has 0 fully saturated rings. The number of H-pyrrole nitrogens is 2. The zero-order chi connectivity index (χ0) is 68.2. The smallest absolute Gasteiger partial charge is 0.324 e. The van der Waals surface area contributed by atoms with Crippen molar-refractivity contribution in [1.82, 2.24) is 39.9 Å². The molecule has 0 aliphatic carbocycles. The van der Waals surface area contributed by atoms with Gasteiger partial charge in [0.05, 0.1) is 0 Å². The molecule has 7 aromatic rings. The highest BCUT2D eigenvalue weighted by Gasteiger charge is 2.30. The molecule has 528 valence electrons. The molecule has 0 radical (unpaired) electrons. The topological polar surface area (TPSA) is 109 Å². The third-order valence-corrected chi connectivity index (χ3v) is 23.8. The molecule has 0 amide bonds. The molecule has 8 bridgehead atoms. The SMILES string of the molecule is CCCCCCCCc1ccc(CCCCCCCC)c2c1-c1nc-2nc2[nH]c(nc3nc(nc4[nH]c(n1)c1c(C)ccc(CCCC[Si](Cl)(Cl)Cl)c41)-c1c(CCCCCCCC)ccc(CCCCCCCC)c1-3)c1c(CCCCCCCC)ccc(CCCCCCCC)c21. The van der Waals surface area contributed by atoms with Gasteiger partial charge in [-0.05, 0) is 147 Å². The summed E-state index contributed by atoms with van der Waals surface area (Å²) < 4.78 is 0. The molecule has 9 rings (SSSR count). The fraction of sp³-hybridized carbons (Fsp3) is 0.624. The predicted octanol–water partition coefficient (Wildman–Crippen LogP) is 27.6. The summed E-state index contributed by atoms with van der Waals surface area (Å²) in [4.78, 5) is 43.8. The average molecular weight is 1390 g/mol. The van der Waals surface area contributed by atoms with Crippen LogP contribution in [0.3, 0.4) is 0 Å². The van der Waals surface area contributed by atoms with Gasteiger partial charge in [0, 0.05) is 43.8 Å². The lowest BCUT2D eigenvalue weighted by Crippen LogP contribution is -2.07.